The number of unbranched alkanes of at least 4 members (excludes halogenated alkanes) is 16. The van der Waals surface area contributed by atoms with Crippen LogP contribution >= 0.6 is 0 Å². The number of hydrogen-bond acceptors (Lipinski definition) is 5. The Morgan fingerprint density at radius 1 is 0.552 bits per heavy atom. The number of aliphatic hydroxyl groups excluding tert-OH is 2. The summed E-state index contributed by atoms with van der Waals surface area (Å²) < 4.78 is 5.82. The van der Waals surface area contributed by atoms with E-state index in [4.69, 9.17) is 4.74 Å². The van der Waals surface area contributed by atoms with Gasteiger partial charge in [0.2, 0.25) is 5.91 Å². The molecule has 0 spiro atoms. The normalized spacial score (nSPS) is 14.2. The molecule has 0 aliphatic heterocycles. The van der Waals surface area contributed by atoms with Crippen molar-refractivity contribution in [2.75, 3.05) is 6.61 Å². The molecular weight excluding hydrogens is 719 g/mol. The standard InChI is InChI=1S/C52H87NO5/c1-4-7-10-13-16-19-22-24-25-27-29-31-34-37-40-43-48(58-52(57)45-42-39-36-33-30-26-23-20-17-14-11-8-5-2)46-51(56)53-49(47-54)50(55)44-41-38-35-32-28-21-18-15-12-9-6-3/h8,11,14,16-17,19-20,23-26,29-31,37,40,48-50,54-55H,4-7,9-10,12-13,15,18,21-22,27-28,32-36,38-39,41-47H2,1-3H3,(H,53,56)/b11-8+,17-14+,19-16-,23-20-,25-24-,30-26-,31-29-,40-37-. The predicted octanol–water partition coefficient (Wildman–Crippen LogP) is 13.8. The van der Waals surface area contributed by atoms with Crippen LogP contribution in [0.1, 0.15) is 194 Å². The molecular formula is C52H87NO5. The summed E-state index contributed by atoms with van der Waals surface area (Å²) >= 11 is 0. The lowest BCUT2D eigenvalue weighted by Crippen LogP contribution is -2.46. The third kappa shape index (κ3) is 39.6. The van der Waals surface area contributed by atoms with Crippen LogP contribution in [0, 0.1) is 0 Å². The molecule has 330 valence electrons. The molecule has 6 heteroatoms. The average Bonchev–Trinajstić information content (AvgIpc) is 3.22. The van der Waals surface area contributed by atoms with Crippen LogP contribution in [0.15, 0.2) is 97.2 Å². The second kappa shape index (κ2) is 44.9. The molecule has 6 nitrogen and oxygen atoms in total. The number of aliphatic hydroxyl groups is 2. The van der Waals surface area contributed by atoms with Crippen LogP contribution in [0.5, 0.6) is 0 Å². The molecule has 0 saturated heterocycles. The number of rotatable bonds is 40. The Morgan fingerprint density at radius 3 is 1.64 bits per heavy atom. The minimum Gasteiger partial charge on any atom is -0.461 e. The Hall–Kier alpha value is -3.22. The number of esters is 1. The van der Waals surface area contributed by atoms with Crippen LogP contribution in [0.25, 0.3) is 0 Å². The molecule has 3 N–H and O–H groups in total. The number of ether oxygens (including phenoxy) is 1. The number of allylic oxidation sites excluding steroid dienone is 15. The summed E-state index contributed by atoms with van der Waals surface area (Å²) in [6.07, 6.45) is 59.1. The molecule has 3 unspecified atom stereocenters. The van der Waals surface area contributed by atoms with E-state index < -0.39 is 18.2 Å². The van der Waals surface area contributed by atoms with Gasteiger partial charge in [-0.05, 0) is 64.2 Å². The van der Waals surface area contributed by atoms with Crippen molar-refractivity contribution >= 4 is 11.9 Å². The Kier molecular flexibility index (Phi) is 42.4. The molecule has 0 radical (unpaired) electrons. The van der Waals surface area contributed by atoms with Gasteiger partial charge in [0, 0.05) is 12.8 Å². The van der Waals surface area contributed by atoms with Gasteiger partial charge < -0.3 is 20.3 Å². The first-order valence-corrected chi connectivity index (χ1v) is 23.5. The van der Waals surface area contributed by atoms with Crippen LogP contribution in [-0.4, -0.2) is 46.9 Å². The van der Waals surface area contributed by atoms with Crippen LogP contribution in [0.2, 0.25) is 0 Å². The van der Waals surface area contributed by atoms with Crippen molar-refractivity contribution in [1.82, 2.24) is 5.32 Å². The Bertz CT molecular complexity index is 1180. The van der Waals surface area contributed by atoms with Crippen molar-refractivity contribution in [3.63, 3.8) is 0 Å². The fourth-order valence-electron chi connectivity index (χ4n) is 6.42. The third-order valence-electron chi connectivity index (χ3n) is 9.99. The average molecular weight is 806 g/mol. The van der Waals surface area contributed by atoms with Crippen molar-refractivity contribution in [2.24, 2.45) is 0 Å². The quantitative estimate of drug-likeness (QED) is 0.0248. The van der Waals surface area contributed by atoms with Crippen molar-refractivity contribution in [3.05, 3.63) is 97.2 Å². The molecule has 0 aromatic carbocycles. The van der Waals surface area contributed by atoms with E-state index in [1.54, 1.807) is 0 Å². The number of hydrogen-bond donors (Lipinski definition) is 3. The van der Waals surface area contributed by atoms with Gasteiger partial charge >= 0.3 is 5.97 Å². The number of carbonyl (C=O) groups is 2. The number of carbonyl (C=O) groups excluding carboxylic acids is 2. The summed E-state index contributed by atoms with van der Waals surface area (Å²) in [4.78, 5) is 26.0. The van der Waals surface area contributed by atoms with Crippen LogP contribution < -0.4 is 5.32 Å². The summed E-state index contributed by atoms with van der Waals surface area (Å²) in [7, 11) is 0. The van der Waals surface area contributed by atoms with Gasteiger partial charge in [0.15, 0.2) is 0 Å². The smallest absolute Gasteiger partial charge is 0.306 e. The van der Waals surface area contributed by atoms with E-state index in [0.29, 0.717) is 19.3 Å². The molecule has 0 aliphatic rings. The molecule has 0 saturated carbocycles. The van der Waals surface area contributed by atoms with Crippen LogP contribution in [0.4, 0.5) is 0 Å². The summed E-state index contributed by atoms with van der Waals surface area (Å²) in [5.41, 5.74) is 0. The first-order valence-electron chi connectivity index (χ1n) is 23.5. The van der Waals surface area contributed by atoms with Gasteiger partial charge in [-0.15, -0.1) is 0 Å². The summed E-state index contributed by atoms with van der Waals surface area (Å²) in [6, 6.07) is -0.743. The fourth-order valence-corrected chi connectivity index (χ4v) is 6.42. The molecule has 0 aromatic heterocycles. The highest BCUT2D eigenvalue weighted by molar-refractivity contribution is 5.77. The zero-order valence-corrected chi connectivity index (χ0v) is 37.4. The van der Waals surface area contributed by atoms with Crippen LogP contribution in [-0.2, 0) is 14.3 Å². The lowest BCUT2D eigenvalue weighted by molar-refractivity contribution is -0.150. The van der Waals surface area contributed by atoms with E-state index >= 15 is 0 Å². The molecule has 0 rings (SSSR count). The van der Waals surface area contributed by atoms with Gasteiger partial charge in [0.25, 0.3) is 0 Å². The summed E-state index contributed by atoms with van der Waals surface area (Å²) in [5.74, 6) is -0.634. The van der Waals surface area contributed by atoms with Gasteiger partial charge in [-0.25, -0.2) is 0 Å². The molecule has 0 bridgehead atoms. The van der Waals surface area contributed by atoms with Gasteiger partial charge in [-0.3, -0.25) is 9.59 Å². The third-order valence-corrected chi connectivity index (χ3v) is 9.99. The molecule has 58 heavy (non-hydrogen) atoms. The molecule has 0 aliphatic carbocycles. The molecule has 0 heterocycles. The Balaban J connectivity index is 4.85. The maximum atomic E-state index is 13.1. The zero-order valence-electron chi connectivity index (χ0n) is 37.4. The lowest BCUT2D eigenvalue weighted by Gasteiger charge is -2.24. The van der Waals surface area contributed by atoms with Gasteiger partial charge in [0.05, 0.1) is 25.2 Å². The molecule has 0 fully saturated rings. The topological polar surface area (TPSA) is 95.9 Å². The maximum Gasteiger partial charge on any atom is 0.306 e. The molecule has 3 atom stereocenters. The van der Waals surface area contributed by atoms with Gasteiger partial charge in [0.1, 0.15) is 6.10 Å². The van der Waals surface area contributed by atoms with Crippen molar-refractivity contribution < 1.29 is 24.5 Å². The van der Waals surface area contributed by atoms with Crippen molar-refractivity contribution in [3.8, 4) is 0 Å². The Morgan fingerprint density at radius 2 is 1.03 bits per heavy atom. The van der Waals surface area contributed by atoms with E-state index in [1.807, 2.05) is 48.6 Å². The summed E-state index contributed by atoms with van der Waals surface area (Å²) in [6.45, 7) is 6.25. The highest BCUT2D eigenvalue weighted by atomic mass is 16.5. The van der Waals surface area contributed by atoms with E-state index in [0.717, 1.165) is 77.0 Å². The van der Waals surface area contributed by atoms with Gasteiger partial charge in [-0.2, -0.15) is 0 Å². The van der Waals surface area contributed by atoms with E-state index in [1.165, 1.54) is 70.6 Å². The van der Waals surface area contributed by atoms with Crippen LogP contribution in [0.3, 0.4) is 0 Å². The lowest BCUT2D eigenvalue weighted by atomic mass is 10.0. The highest BCUT2D eigenvalue weighted by Gasteiger charge is 2.23. The fraction of sp³-hybridized carbons (Fsp3) is 0.654. The number of nitrogens with one attached hydrogen (secondary N) is 1. The summed E-state index contributed by atoms with van der Waals surface area (Å²) in [5, 5.41) is 23.6. The molecule has 1 amide bonds. The first-order chi connectivity index (χ1) is 28.5. The zero-order chi connectivity index (χ0) is 42.4. The SMILES string of the molecule is CC/C=C/C=C/C=C\C=C/CCCCCC(=O)OC(C/C=C\C/C=C\C/C=C\C/C=C\CCCCC)CC(=O)NC(CO)C(O)CCCCCCCCCCCCC. The molecule has 0 aromatic rings. The number of amides is 1. The second-order valence-electron chi connectivity index (χ2n) is 15.5. The Labute approximate surface area is 356 Å². The monoisotopic (exact) mass is 806 g/mol. The predicted molar refractivity (Wildman–Crippen MR) is 250 cm³/mol. The minimum absolute atomic E-state index is 0.0200. The minimum atomic E-state index is -0.822. The van der Waals surface area contributed by atoms with Crippen molar-refractivity contribution in [1.29, 1.82) is 0 Å². The van der Waals surface area contributed by atoms with Gasteiger partial charge in [-0.1, -0.05) is 208 Å². The maximum absolute atomic E-state index is 13.1. The largest absolute Gasteiger partial charge is 0.461 e. The second-order valence-corrected chi connectivity index (χ2v) is 15.5. The first kappa shape index (κ1) is 54.8. The van der Waals surface area contributed by atoms with E-state index in [2.05, 4.69) is 74.7 Å². The highest BCUT2D eigenvalue weighted by Crippen LogP contribution is 2.15. The van der Waals surface area contributed by atoms with E-state index in [9.17, 15) is 19.8 Å². The van der Waals surface area contributed by atoms with E-state index in [-0.39, 0.29) is 24.9 Å². The van der Waals surface area contributed by atoms with Crippen molar-refractivity contribution in [2.45, 2.75) is 212 Å².